The van der Waals surface area contributed by atoms with E-state index in [0.717, 1.165) is 5.01 Å². The summed E-state index contributed by atoms with van der Waals surface area (Å²) in [4.78, 5) is 37.4. The van der Waals surface area contributed by atoms with E-state index in [1.54, 1.807) is 6.92 Å². The quantitative estimate of drug-likeness (QED) is 0.438. The van der Waals surface area contributed by atoms with Crippen LogP contribution in [0.2, 0.25) is 0 Å². The Morgan fingerprint density at radius 2 is 2.04 bits per heavy atom. The van der Waals surface area contributed by atoms with E-state index in [1.165, 1.54) is 17.0 Å². The van der Waals surface area contributed by atoms with Crippen molar-refractivity contribution >= 4 is 56.6 Å². The predicted molar refractivity (Wildman–Crippen MR) is 106 cm³/mol. The van der Waals surface area contributed by atoms with Crippen molar-refractivity contribution in [3.8, 4) is 0 Å². The van der Waals surface area contributed by atoms with Crippen molar-refractivity contribution in [3.63, 3.8) is 0 Å². The fourth-order valence-electron chi connectivity index (χ4n) is 2.75. The fourth-order valence-corrected chi connectivity index (χ4v) is 4.54. The maximum absolute atomic E-state index is 13.5. The third-order valence-corrected chi connectivity index (χ3v) is 5.50. The molecule has 0 unspecified atom stereocenters. The Labute approximate surface area is 177 Å². The molecule has 1 saturated heterocycles. The number of amides is 3. The van der Waals surface area contributed by atoms with E-state index in [2.05, 4.69) is 21.4 Å². The van der Waals surface area contributed by atoms with Crippen molar-refractivity contribution < 1.29 is 28.6 Å². The minimum absolute atomic E-state index is 0.128. The van der Waals surface area contributed by atoms with E-state index >= 15 is 0 Å². The van der Waals surface area contributed by atoms with E-state index in [-0.39, 0.29) is 29.7 Å². The van der Waals surface area contributed by atoms with Crippen molar-refractivity contribution in [2.45, 2.75) is 25.8 Å². The van der Waals surface area contributed by atoms with Gasteiger partial charge in [-0.05, 0) is 70.4 Å². The highest BCUT2D eigenvalue weighted by molar-refractivity contribution is 14.1. The molecule has 1 heterocycles. The topological polar surface area (TPSA) is 99.2 Å². The van der Waals surface area contributed by atoms with Gasteiger partial charge in [0, 0.05) is 21.1 Å². The number of benzene rings is 1. The highest BCUT2D eigenvalue weighted by atomic mass is 127. The number of carboxylic acid groups (broad SMARTS) is 1. The van der Waals surface area contributed by atoms with Gasteiger partial charge in [-0.1, -0.05) is 0 Å². The highest BCUT2D eigenvalue weighted by Crippen LogP contribution is 2.27. The van der Waals surface area contributed by atoms with Crippen LogP contribution in [0.25, 0.3) is 0 Å². The van der Waals surface area contributed by atoms with Gasteiger partial charge in [0.25, 0.3) is 5.91 Å². The number of nitrogens with one attached hydrogen (secondary N) is 1. The van der Waals surface area contributed by atoms with E-state index < -0.39 is 30.0 Å². The van der Waals surface area contributed by atoms with Crippen LogP contribution in [0.4, 0.5) is 14.0 Å². The van der Waals surface area contributed by atoms with Gasteiger partial charge >= 0.3 is 12.2 Å². The molecule has 27 heavy (non-hydrogen) atoms. The zero-order valence-corrected chi connectivity index (χ0v) is 18.1. The molecule has 8 nitrogen and oxygen atoms in total. The number of carbonyl (C=O) groups excluding carboxylic acids is 2. The monoisotopic (exact) mass is 557 g/mol. The zero-order chi connectivity index (χ0) is 20.1. The lowest BCUT2D eigenvalue weighted by molar-refractivity contribution is 0.0369. The average molecular weight is 558 g/mol. The highest BCUT2D eigenvalue weighted by Gasteiger charge is 2.33. The second kappa shape index (κ2) is 9.53. The Hall–Kier alpha value is -1.63. The Morgan fingerprint density at radius 1 is 1.41 bits per heavy atom. The second-order valence-corrected chi connectivity index (χ2v) is 7.77. The van der Waals surface area contributed by atoms with Gasteiger partial charge in [-0.2, -0.15) is 0 Å². The third kappa shape index (κ3) is 5.43. The first-order valence-electron chi connectivity index (χ1n) is 8.14. The summed E-state index contributed by atoms with van der Waals surface area (Å²) in [5, 5.41) is 10.2. The van der Waals surface area contributed by atoms with Gasteiger partial charge in [0.05, 0.1) is 18.2 Å². The van der Waals surface area contributed by atoms with E-state index in [9.17, 15) is 18.8 Å². The van der Waals surface area contributed by atoms with Gasteiger partial charge in [-0.25, -0.2) is 24.4 Å². The van der Waals surface area contributed by atoms with Crippen LogP contribution in [0.3, 0.4) is 0 Å². The van der Waals surface area contributed by atoms with Crippen molar-refractivity contribution in [1.29, 1.82) is 0 Å². The zero-order valence-electron chi connectivity index (χ0n) is 14.4. The van der Waals surface area contributed by atoms with Gasteiger partial charge < -0.3 is 14.7 Å². The molecule has 2 rings (SSSR count). The number of rotatable bonds is 3. The number of hydrazine groups is 1. The number of hydrogen-bond donors (Lipinski definition) is 2. The van der Waals surface area contributed by atoms with Crippen LogP contribution in [0.5, 0.6) is 0 Å². The van der Waals surface area contributed by atoms with Crippen LogP contribution in [0.15, 0.2) is 16.6 Å². The Morgan fingerprint density at radius 3 is 2.56 bits per heavy atom. The normalized spacial score (nSPS) is 14.6. The molecule has 0 atom stereocenters. The summed E-state index contributed by atoms with van der Waals surface area (Å²) in [6, 6.07) is 1.96. The maximum Gasteiger partial charge on any atom is 0.426 e. The lowest BCUT2D eigenvalue weighted by Crippen LogP contribution is -2.56. The number of nitrogens with zero attached hydrogens (tertiary/aromatic N) is 2. The number of carbonyl (C=O) groups is 3. The first-order chi connectivity index (χ1) is 12.7. The number of hydrogen-bond acceptors (Lipinski definition) is 4. The van der Waals surface area contributed by atoms with Gasteiger partial charge in [-0.15, -0.1) is 0 Å². The van der Waals surface area contributed by atoms with Crippen molar-refractivity contribution in [3.05, 3.63) is 31.6 Å². The molecule has 1 aliphatic heterocycles. The number of piperidine rings is 1. The number of ether oxygens (including phenoxy) is 1. The average Bonchev–Trinajstić information content (AvgIpc) is 2.59. The van der Waals surface area contributed by atoms with Crippen molar-refractivity contribution in [2.75, 3.05) is 19.7 Å². The molecule has 0 bridgehead atoms. The lowest BCUT2D eigenvalue weighted by Gasteiger charge is -2.37. The molecule has 1 aromatic rings. The maximum atomic E-state index is 13.5. The van der Waals surface area contributed by atoms with Gasteiger partial charge in [0.15, 0.2) is 0 Å². The molecule has 11 heteroatoms. The summed E-state index contributed by atoms with van der Waals surface area (Å²) < 4.78 is 19.0. The van der Waals surface area contributed by atoms with Crippen LogP contribution in [-0.2, 0) is 4.74 Å². The largest absolute Gasteiger partial charge is 0.465 e. The summed E-state index contributed by atoms with van der Waals surface area (Å²) in [6.45, 7) is 2.23. The molecule has 0 spiro atoms. The lowest BCUT2D eigenvalue weighted by atomic mass is 10.0. The van der Waals surface area contributed by atoms with Gasteiger partial charge in [0.1, 0.15) is 5.82 Å². The number of halogens is 3. The Bertz CT molecular complexity index is 720. The van der Waals surface area contributed by atoms with Crippen LogP contribution in [0.1, 0.15) is 30.1 Å². The second-order valence-electron chi connectivity index (χ2n) is 5.75. The molecule has 0 aromatic heterocycles. The molecule has 1 fully saturated rings. The molecule has 0 aliphatic carbocycles. The first-order valence-corrected chi connectivity index (χ1v) is 10.0. The van der Waals surface area contributed by atoms with Gasteiger partial charge in [0.2, 0.25) is 0 Å². The Kier molecular flexibility index (Phi) is 7.65. The molecule has 1 aliphatic rings. The molecular formula is C16H18BrFIN3O5. The van der Waals surface area contributed by atoms with Crippen molar-refractivity contribution in [1.82, 2.24) is 15.3 Å². The molecule has 148 valence electrons. The van der Waals surface area contributed by atoms with Crippen LogP contribution < -0.4 is 5.43 Å². The molecule has 2 N–H and O–H groups in total. The minimum Gasteiger partial charge on any atom is -0.465 e. The predicted octanol–water partition coefficient (Wildman–Crippen LogP) is 3.44. The third-order valence-electron chi connectivity index (χ3n) is 4.03. The molecule has 0 saturated carbocycles. The van der Waals surface area contributed by atoms with E-state index in [0.29, 0.717) is 16.4 Å². The summed E-state index contributed by atoms with van der Waals surface area (Å²) in [7, 11) is 0. The van der Waals surface area contributed by atoms with Crippen molar-refractivity contribution in [2.24, 2.45) is 0 Å². The van der Waals surface area contributed by atoms with Crippen LogP contribution in [0, 0.1) is 9.39 Å². The van der Waals surface area contributed by atoms with E-state index in [4.69, 9.17) is 9.84 Å². The summed E-state index contributed by atoms with van der Waals surface area (Å²) >= 11 is 5.04. The SMILES string of the molecule is CCOC(=O)NN(C(=O)c1c(Br)cc(F)cc1I)C1CCN(C(=O)O)CC1. The van der Waals surface area contributed by atoms with Gasteiger partial charge in [-0.3, -0.25) is 4.79 Å². The van der Waals surface area contributed by atoms with Crippen LogP contribution >= 0.6 is 38.5 Å². The molecule has 3 amide bonds. The molecule has 1 aromatic carbocycles. The number of likely N-dealkylation sites (tertiary alicyclic amines) is 1. The first kappa shape index (κ1) is 21.7. The van der Waals surface area contributed by atoms with Crippen LogP contribution in [-0.4, -0.2) is 58.8 Å². The summed E-state index contributed by atoms with van der Waals surface area (Å²) in [6.07, 6.45) is -1.13. The Balaban J connectivity index is 2.29. The standard InChI is InChI=1S/C16H18BrFIN3O5/c1-2-27-15(24)20-22(10-3-5-21(6-4-10)16(25)26)14(23)13-11(17)7-9(18)8-12(13)19/h7-8,10H,2-6H2,1H3,(H,20,24)(H,25,26). The van der Waals surface area contributed by atoms with E-state index in [1.807, 2.05) is 22.6 Å². The molecule has 0 radical (unpaired) electrons. The fraction of sp³-hybridized carbons (Fsp3) is 0.438. The summed E-state index contributed by atoms with van der Waals surface area (Å²) in [5.74, 6) is -1.03. The summed E-state index contributed by atoms with van der Waals surface area (Å²) in [5.41, 5.74) is 2.64. The minimum atomic E-state index is -1.03. The molecular weight excluding hydrogens is 540 g/mol. The smallest absolute Gasteiger partial charge is 0.426 e.